The number of para-hydroxylation sites is 2. The second-order valence-corrected chi connectivity index (χ2v) is 9.96. The summed E-state index contributed by atoms with van der Waals surface area (Å²) in [5.74, 6) is 1.81. The monoisotopic (exact) mass is 553 g/mol. The average Bonchev–Trinajstić information content (AvgIpc) is 3.36. The molecule has 0 aliphatic carbocycles. The van der Waals surface area contributed by atoms with Crippen LogP contribution in [0, 0.1) is 0 Å². The number of fused-ring (bicyclic) bond motifs is 3. The second kappa shape index (κ2) is 9.36. The Balaban J connectivity index is 1.40. The number of nitrogens with zero attached hydrogens (tertiary/aromatic N) is 3. The molecule has 0 atom stereocenters. The molecule has 0 saturated carbocycles. The highest BCUT2D eigenvalue weighted by molar-refractivity contribution is 9.10. The highest BCUT2D eigenvalue weighted by Crippen LogP contribution is 2.35. The van der Waals surface area contributed by atoms with Crippen molar-refractivity contribution >= 4 is 37.9 Å². The Morgan fingerprint density at radius 2 is 1.08 bits per heavy atom. The third-order valence-electron chi connectivity index (χ3n) is 6.61. The van der Waals surface area contributed by atoms with E-state index in [0.717, 1.165) is 54.2 Å². The molecule has 7 aromatic rings. The molecule has 2 heterocycles. The Morgan fingerprint density at radius 1 is 0.474 bits per heavy atom. The molecule has 0 spiro atoms. The maximum Gasteiger partial charge on any atom is 0.167 e. The standard InChI is InChI=1S/C33H20BrN3O/c34-25-11-6-10-24(20-25)21-16-18-23(19-17-21)32-35-31(22-8-2-1-3-9-22)36-33(37-32)28-14-7-13-27-26-12-4-5-15-29(26)38-30(27)28/h1-20H. The quantitative estimate of drug-likeness (QED) is 0.218. The van der Waals surface area contributed by atoms with Crippen LogP contribution >= 0.6 is 15.9 Å². The molecule has 180 valence electrons. The third kappa shape index (κ3) is 4.07. The molecule has 0 bridgehead atoms. The SMILES string of the molecule is Brc1cccc(-c2ccc(-c3nc(-c4ccccc4)nc(-c4cccc5c4oc4ccccc45)n3)cc2)c1. The van der Waals surface area contributed by atoms with Crippen LogP contribution in [0.1, 0.15) is 0 Å². The first-order valence-corrected chi connectivity index (χ1v) is 13.1. The van der Waals surface area contributed by atoms with Crippen LogP contribution in [0.4, 0.5) is 0 Å². The molecule has 5 heteroatoms. The van der Waals surface area contributed by atoms with Crippen LogP contribution in [0.25, 0.3) is 67.2 Å². The van der Waals surface area contributed by atoms with Gasteiger partial charge < -0.3 is 4.42 Å². The molecule has 0 unspecified atom stereocenters. The summed E-state index contributed by atoms with van der Waals surface area (Å²) in [6, 6.07) is 40.8. The number of rotatable bonds is 4. The van der Waals surface area contributed by atoms with E-state index in [2.05, 4.69) is 64.5 Å². The largest absolute Gasteiger partial charge is 0.455 e. The highest BCUT2D eigenvalue weighted by atomic mass is 79.9. The lowest BCUT2D eigenvalue weighted by Gasteiger charge is -2.09. The van der Waals surface area contributed by atoms with Crippen molar-refractivity contribution < 1.29 is 4.42 Å². The van der Waals surface area contributed by atoms with Crippen LogP contribution in [0.2, 0.25) is 0 Å². The molecule has 0 saturated heterocycles. The minimum absolute atomic E-state index is 0.578. The van der Waals surface area contributed by atoms with E-state index in [9.17, 15) is 0 Å². The van der Waals surface area contributed by atoms with Gasteiger partial charge >= 0.3 is 0 Å². The van der Waals surface area contributed by atoms with Gasteiger partial charge in [-0.05, 0) is 35.4 Å². The first-order chi connectivity index (χ1) is 18.7. The van der Waals surface area contributed by atoms with Crippen LogP contribution in [-0.4, -0.2) is 15.0 Å². The molecule has 2 aromatic heterocycles. The minimum Gasteiger partial charge on any atom is -0.455 e. The summed E-state index contributed by atoms with van der Waals surface area (Å²) in [5.41, 5.74) is 6.57. The molecular formula is C33H20BrN3O. The van der Waals surface area contributed by atoms with Gasteiger partial charge in [-0.1, -0.05) is 113 Å². The number of halogens is 1. The van der Waals surface area contributed by atoms with Crippen molar-refractivity contribution in [3.63, 3.8) is 0 Å². The highest BCUT2D eigenvalue weighted by Gasteiger charge is 2.17. The molecule has 0 radical (unpaired) electrons. The Hall–Kier alpha value is -4.61. The Bertz CT molecular complexity index is 1930. The first kappa shape index (κ1) is 22.6. The van der Waals surface area contributed by atoms with Crippen molar-refractivity contribution in [2.24, 2.45) is 0 Å². The lowest BCUT2D eigenvalue weighted by atomic mass is 10.0. The van der Waals surface area contributed by atoms with Gasteiger partial charge in [-0.15, -0.1) is 0 Å². The Labute approximate surface area is 227 Å². The van der Waals surface area contributed by atoms with Gasteiger partial charge in [0.2, 0.25) is 0 Å². The molecule has 38 heavy (non-hydrogen) atoms. The summed E-state index contributed by atoms with van der Waals surface area (Å²) in [4.78, 5) is 14.7. The van der Waals surface area contributed by atoms with E-state index in [0.29, 0.717) is 17.5 Å². The van der Waals surface area contributed by atoms with Crippen molar-refractivity contribution in [1.82, 2.24) is 15.0 Å². The lowest BCUT2D eigenvalue weighted by molar-refractivity contribution is 0.669. The zero-order valence-electron chi connectivity index (χ0n) is 20.2. The van der Waals surface area contributed by atoms with Gasteiger partial charge in [0.25, 0.3) is 0 Å². The Morgan fingerprint density at radius 3 is 1.87 bits per heavy atom. The third-order valence-corrected chi connectivity index (χ3v) is 7.11. The van der Waals surface area contributed by atoms with E-state index in [-0.39, 0.29) is 0 Å². The zero-order valence-corrected chi connectivity index (χ0v) is 21.8. The number of furan rings is 1. The van der Waals surface area contributed by atoms with Gasteiger partial charge in [0.05, 0.1) is 5.56 Å². The van der Waals surface area contributed by atoms with E-state index in [1.54, 1.807) is 0 Å². The van der Waals surface area contributed by atoms with Crippen LogP contribution in [0.15, 0.2) is 130 Å². The fraction of sp³-hybridized carbons (Fsp3) is 0. The van der Waals surface area contributed by atoms with Gasteiger partial charge in [-0.2, -0.15) is 0 Å². The van der Waals surface area contributed by atoms with E-state index in [4.69, 9.17) is 19.4 Å². The zero-order chi connectivity index (χ0) is 25.5. The molecule has 0 amide bonds. The van der Waals surface area contributed by atoms with Gasteiger partial charge in [-0.3, -0.25) is 0 Å². The summed E-state index contributed by atoms with van der Waals surface area (Å²) in [6.07, 6.45) is 0. The fourth-order valence-corrected chi connectivity index (χ4v) is 5.14. The van der Waals surface area contributed by atoms with E-state index >= 15 is 0 Å². The van der Waals surface area contributed by atoms with E-state index in [1.807, 2.05) is 72.8 Å². The smallest absolute Gasteiger partial charge is 0.167 e. The summed E-state index contributed by atoms with van der Waals surface area (Å²) < 4.78 is 7.35. The van der Waals surface area contributed by atoms with Crippen molar-refractivity contribution in [3.05, 3.63) is 126 Å². The maximum atomic E-state index is 6.30. The summed E-state index contributed by atoms with van der Waals surface area (Å²) in [7, 11) is 0. The van der Waals surface area contributed by atoms with E-state index in [1.165, 1.54) is 0 Å². The van der Waals surface area contributed by atoms with E-state index < -0.39 is 0 Å². The summed E-state index contributed by atoms with van der Waals surface area (Å²) >= 11 is 3.56. The van der Waals surface area contributed by atoms with Gasteiger partial charge in [0.15, 0.2) is 17.5 Å². The summed E-state index contributed by atoms with van der Waals surface area (Å²) in [5, 5.41) is 2.12. The number of benzene rings is 5. The van der Waals surface area contributed by atoms with Crippen LogP contribution in [0.5, 0.6) is 0 Å². The number of hydrogen-bond donors (Lipinski definition) is 0. The lowest BCUT2D eigenvalue weighted by Crippen LogP contribution is -2.00. The maximum absolute atomic E-state index is 6.30. The molecule has 7 rings (SSSR count). The van der Waals surface area contributed by atoms with Gasteiger partial charge in [0, 0.05) is 26.4 Å². The Kier molecular flexibility index (Phi) is 5.56. The van der Waals surface area contributed by atoms with Crippen LogP contribution in [0.3, 0.4) is 0 Å². The molecule has 4 nitrogen and oxygen atoms in total. The molecule has 0 aliphatic heterocycles. The minimum atomic E-state index is 0.578. The van der Waals surface area contributed by atoms with Crippen LogP contribution in [-0.2, 0) is 0 Å². The second-order valence-electron chi connectivity index (χ2n) is 9.04. The molecule has 0 N–H and O–H groups in total. The van der Waals surface area contributed by atoms with Crippen molar-refractivity contribution in [2.75, 3.05) is 0 Å². The topological polar surface area (TPSA) is 51.8 Å². The normalized spacial score (nSPS) is 11.3. The van der Waals surface area contributed by atoms with Crippen molar-refractivity contribution in [1.29, 1.82) is 0 Å². The molecule has 5 aromatic carbocycles. The van der Waals surface area contributed by atoms with Crippen molar-refractivity contribution in [2.45, 2.75) is 0 Å². The van der Waals surface area contributed by atoms with Gasteiger partial charge in [0.1, 0.15) is 11.2 Å². The number of hydrogen-bond acceptors (Lipinski definition) is 4. The van der Waals surface area contributed by atoms with Crippen LogP contribution < -0.4 is 0 Å². The molecule has 0 aliphatic rings. The van der Waals surface area contributed by atoms with Crippen molar-refractivity contribution in [3.8, 4) is 45.3 Å². The molecule has 0 fully saturated rings. The fourth-order valence-electron chi connectivity index (χ4n) is 4.74. The summed E-state index contributed by atoms with van der Waals surface area (Å²) in [6.45, 7) is 0. The predicted octanol–water partition coefficient (Wildman–Crippen LogP) is 9.20. The molecular weight excluding hydrogens is 534 g/mol. The van der Waals surface area contributed by atoms with Gasteiger partial charge in [-0.25, -0.2) is 15.0 Å². The number of aromatic nitrogens is 3. The predicted molar refractivity (Wildman–Crippen MR) is 157 cm³/mol. The first-order valence-electron chi connectivity index (χ1n) is 12.3. The average molecular weight is 554 g/mol.